The average Bonchev–Trinajstić information content (AvgIpc) is 2.63. The Morgan fingerprint density at radius 1 is 1.12 bits per heavy atom. The third kappa shape index (κ3) is 4.65. The third-order valence-corrected chi connectivity index (χ3v) is 4.53. The standard InChI is InChI=1S/C19H22ClN3O2/c1-25-18-8-7-15(20)13-17(18)21-19(24)14-22-9-11-23(12-10-22)16-5-3-2-4-6-16/h2-8,13H,9-12,14H2,1H3,(H,21,24). The summed E-state index contributed by atoms with van der Waals surface area (Å²) < 4.78 is 5.26. The molecule has 25 heavy (non-hydrogen) atoms. The van der Waals surface area contributed by atoms with Crippen molar-refractivity contribution in [1.82, 2.24) is 4.90 Å². The molecule has 0 aromatic heterocycles. The van der Waals surface area contributed by atoms with Crippen LogP contribution in [0.25, 0.3) is 0 Å². The summed E-state index contributed by atoms with van der Waals surface area (Å²) in [6, 6.07) is 15.5. The molecule has 2 aromatic rings. The van der Waals surface area contributed by atoms with Crippen LogP contribution in [0.3, 0.4) is 0 Å². The Kier molecular flexibility index (Phi) is 5.79. The number of benzene rings is 2. The molecule has 0 radical (unpaired) electrons. The monoisotopic (exact) mass is 359 g/mol. The molecule has 1 fully saturated rings. The van der Waals surface area contributed by atoms with Crippen LogP contribution in [0.15, 0.2) is 48.5 Å². The fraction of sp³-hybridized carbons (Fsp3) is 0.316. The van der Waals surface area contributed by atoms with E-state index >= 15 is 0 Å². The number of rotatable bonds is 5. The number of hydrogen-bond donors (Lipinski definition) is 1. The van der Waals surface area contributed by atoms with E-state index in [0.29, 0.717) is 23.0 Å². The van der Waals surface area contributed by atoms with Crippen LogP contribution >= 0.6 is 11.6 Å². The van der Waals surface area contributed by atoms with Crippen molar-refractivity contribution in [2.75, 3.05) is 50.1 Å². The molecule has 6 heteroatoms. The summed E-state index contributed by atoms with van der Waals surface area (Å²) in [6.45, 7) is 3.90. The lowest BCUT2D eigenvalue weighted by Crippen LogP contribution is -2.48. The van der Waals surface area contributed by atoms with E-state index in [1.54, 1.807) is 25.3 Å². The van der Waals surface area contributed by atoms with Gasteiger partial charge in [0.25, 0.3) is 0 Å². The van der Waals surface area contributed by atoms with E-state index in [4.69, 9.17) is 16.3 Å². The molecule has 3 rings (SSSR count). The van der Waals surface area contributed by atoms with Crippen molar-refractivity contribution in [1.29, 1.82) is 0 Å². The van der Waals surface area contributed by atoms with E-state index in [1.807, 2.05) is 18.2 Å². The number of anilines is 2. The summed E-state index contributed by atoms with van der Waals surface area (Å²) in [7, 11) is 1.57. The zero-order chi connectivity index (χ0) is 17.6. The molecule has 0 unspecified atom stereocenters. The highest BCUT2D eigenvalue weighted by Crippen LogP contribution is 2.27. The second-order valence-corrected chi connectivity index (χ2v) is 6.43. The first-order valence-electron chi connectivity index (χ1n) is 8.31. The number of nitrogens with one attached hydrogen (secondary N) is 1. The quantitative estimate of drug-likeness (QED) is 0.891. The number of nitrogens with zero attached hydrogens (tertiary/aromatic N) is 2. The number of ether oxygens (including phenoxy) is 1. The summed E-state index contributed by atoms with van der Waals surface area (Å²) in [4.78, 5) is 16.8. The van der Waals surface area contributed by atoms with Gasteiger partial charge in [-0.15, -0.1) is 0 Å². The van der Waals surface area contributed by atoms with E-state index in [2.05, 4.69) is 27.2 Å². The van der Waals surface area contributed by atoms with Crippen molar-refractivity contribution in [2.24, 2.45) is 0 Å². The fourth-order valence-electron chi connectivity index (χ4n) is 2.97. The van der Waals surface area contributed by atoms with Crippen LogP contribution in [-0.4, -0.2) is 50.6 Å². The van der Waals surface area contributed by atoms with Crippen LogP contribution in [0.1, 0.15) is 0 Å². The molecule has 2 aromatic carbocycles. The van der Waals surface area contributed by atoms with Crippen LogP contribution in [0, 0.1) is 0 Å². The first kappa shape index (κ1) is 17.6. The first-order chi connectivity index (χ1) is 12.2. The summed E-state index contributed by atoms with van der Waals surface area (Å²) in [5.74, 6) is 0.542. The van der Waals surface area contributed by atoms with Crippen LogP contribution in [0.5, 0.6) is 5.75 Å². The van der Waals surface area contributed by atoms with Gasteiger partial charge >= 0.3 is 0 Å². The van der Waals surface area contributed by atoms with Gasteiger partial charge in [0.1, 0.15) is 5.75 Å². The Labute approximate surface area is 153 Å². The van der Waals surface area contributed by atoms with Crippen molar-refractivity contribution in [3.05, 3.63) is 53.6 Å². The Morgan fingerprint density at radius 2 is 1.84 bits per heavy atom. The van der Waals surface area contributed by atoms with Gasteiger partial charge < -0.3 is 15.0 Å². The molecule has 1 heterocycles. The van der Waals surface area contributed by atoms with Gasteiger partial charge in [0.05, 0.1) is 19.3 Å². The predicted octanol–water partition coefficient (Wildman–Crippen LogP) is 3.11. The van der Waals surface area contributed by atoms with E-state index in [9.17, 15) is 4.79 Å². The highest BCUT2D eigenvalue weighted by atomic mass is 35.5. The number of carbonyl (C=O) groups excluding carboxylic acids is 1. The normalized spacial score (nSPS) is 15.0. The molecule has 5 nitrogen and oxygen atoms in total. The Hall–Kier alpha value is -2.24. The maximum absolute atomic E-state index is 12.3. The number of halogens is 1. The topological polar surface area (TPSA) is 44.8 Å². The molecule has 0 aliphatic carbocycles. The zero-order valence-corrected chi connectivity index (χ0v) is 15.0. The van der Waals surface area contributed by atoms with Crippen molar-refractivity contribution in [3.63, 3.8) is 0 Å². The number of amides is 1. The van der Waals surface area contributed by atoms with E-state index in [0.717, 1.165) is 26.2 Å². The minimum Gasteiger partial charge on any atom is -0.495 e. The van der Waals surface area contributed by atoms with Crippen LogP contribution < -0.4 is 15.0 Å². The highest BCUT2D eigenvalue weighted by Gasteiger charge is 2.19. The van der Waals surface area contributed by atoms with Crippen molar-refractivity contribution < 1.29 is 9.53 Å². The molecule has 1 aliphatic heterocycles. The maximum Gasteiger partial charge on any atom is 0.238 e. The van der Waals surface area contributed by atoms with Gasteiger partial charge in [0, 0.05) is 36.9 Å². The number of hydrogen-bond acceptors (Lipinski definition) is 4. The van der Waals surface area contributed by atoms with Gasteiger partial charge in [-0.1, -0.05) is 29.8 Å². The van der Waals surface area contributed by atoms with Gasteiger partial charge in [-0.05, 0) is 30.3 Å². The van der Waals surface area contributed by atoms with Crippen LogP contribution in [0.4, 0.5) is 11.4 Å². The Balaban J connectivity index is 1.52. The fourth-order valence-corrected chi connectivity index (χ4v) is 3.15. The minimum absolute atomic E-state index is 0.0614. The molecule has 0 spiro atoms. The van der Waals surface area contributed by atoms with Gasteiger partial charge in [-0.2, -0.15) is 0 Å². The second kappa shape index (κ2) is 8.23. The Morgan fingerprint density at radius 3 is 2.52 bits per heavy atom. The molecule has 0 bridgehead atoms. The van der Waals surface area contributed by atoms with Crippen LogP contribution in [0.2, 0.25) is 5.02 Å². The van der Waals surface area contributed by atoms with Gasteiger partial charge in [0.15, 0.2) is 0 Å². The number of methoxy groups -OCH3 is 1. The van der Waals surface area contributed by atoms with E-state index < -0.39 is 0 Å². The molecule has 0 saturated carbocycles. The lowest BCUT2D eigenvalue weighted by Gasteiger charge is -2.35. The molecule has 132 valence electrons. The number of carbonyl (C=O) groups is 1. The van der Waals surface area contributed by atoms with Gasteiger partial charge in [-0.25, -0.2) is 0 Å². The lowest BCUT2D eigenvalue weighted by atomic mass is 10.2. The smallest absolute Gasteiger partial charge is 0.238 e. The van der Waals surface area contributed by atoms with Gasteiger partial charge in [0.2, 0.25) is 5.91 Å². The van der Waals surface area contributed by atoms with Crippen molar-refractivity contribution >= 4 is 28.9 Å². The summed E-state index contributed by atoms with van der Waals surface area (Å²) in [5, 5.41) is 3.45. The van der Waals surface area contributed by atoms with E-state index in [-0.39, 0.29) is 5.91 Å². The SMILES string of the molecule is COc1ccc(Cl)cc1NC(=O)CN1CCN(c2ccccc2)CC1. The largest absolute Gasteiger partial charge is 0.495 e. The zero-order valence-electron chi connectivity index (χ0n) is 14.2. The van der Waals surface area contributed by atoms with Gasteiger partial charge in [-0.3, -0.25) is 9.69 Å². The third-order valence-electron chi connectivity index (χ3n) is 4.30. The molecule has 1 aliphatic rings. The molecule has 0 atom stereocenters. The molecule has 1 amide bonds. The first-order valence-corrected chi connectivity index (χ1v) is 8.69. The summed E-state index contributed by atoms with van der Waals surface area (Å²) in [6.07, 6.45) is 0. The van der Waals surface area contributed by atoms with Crippen LogP contribution in [-0.2, 0) is 4.79 Å². The number of piperazine rings is 1. The highest BCUT2D eigenvalue weighted by molar-refractivity contribution is 6.31. The average molecular weight is 360 g/mol. The van der Waals surface area contributed by atoms with Crippen molar-refractivity contribution in [2.45, 2.75) is 0 Å². The summed E-state index contributed by atoms with van der Waals surface area (Å²) in [5.41, 5.74) is 1.83. The predicted molar refractivity (Wildman–Crippen MR) is 102 cm³/mol. The summed E-state index contributed by atoms with van der Waals surface area (Å²) >= 11 is 6.00. The molecule has 1 saturated heterocycles. The lowest BCUT2D eigenvalue weighted by molar-refractivity contribution is -0.117. The molecular formula is C19H22ClN3O2. The second-order valence-electron chi connectivity index (χ2n) is 5.99. The van der Waals surface area contributed by atoms with Crippen molar-refractivity contribution in [3.8, 4) is 5.75 Å². The number of para-hydroxylation sites is 1. The maximum atomic E-state index is 12.3. The Bertz CT molecular complexity index is 716. The minimum atomic E-state index is -0.0614. The molecule has 1 N–H and O–H groups in total. The molecular weight excluding hydrogens is 338 g/mol. The van der Waals surface area contributed by atoms with E-state index in [1.165, 1.54) is 5.69 Å².